The second kappa shape index (κ2) is 12.1. The Morgan fingerprint density at radius 1 is 0.980 bits per heavy atom. The monoisotopic (exact) mass is 686 g/mol. The van der Waals surface area contributed by atoms with Crippen LogP contribution in [0.25, 0.3) is 22.2 Å². The zero-order chi connectivity index (χ0) is 34.1. The Balaban J connectivity index is 1.29. The van der Waals surface area contributed by atoms with Crippen molar-refractivity contribution in [1.82, 2.24) is 19.5 Å². The summed E-state index contributed by atoms with van der Waals surface area (Å²) in [6.07, 6.45) is 12.4. The van der Waals surface area contributed by atoms with E-state index in [0.29, 0.717) is 24.6 Å². The van der Waals surface area contributed by atoms with Crippen molar-refractivity contribution in [3.63, 3.8) is 0 Å². The van der Waals surface area contributed by atoms with Gasteiger partial charge in [-0.25, -0.2) is 13.1 Å². The number of nitrogens with zero attached hydrogens (tertiary/aromatic N) is 2. The molecule has 49 heavy (non-hydrogen) atoms. The van der Waals surface area contributed by atoms with Gasteiger partial charge in [-0.05, 0) is 93.3 Å². The van der Waals surface area contributed by atoms with Gasteiger partial charge in [-0.15, -0.1) is 0 Å². The summed E-state index contributed by atoms with van der Waals surface area (Å²) in [4.78, 5) is 30.6. The molecule has 2 aromatic carbocycles. The Labute approximate surface area is 290 Å². The standard InChI is InChI=1S/C39H50N4O5S/c1-25(2)49(46,47)41-36(44)27-12-14-30-33(20-27)43-24-39(37(45)42-19-18-40-38(23-42)16-8-5-9-17-38)22-32(39)31-21-28(48-3)13-15-29(31)35(43)34(30)26-10-6-4-7-11-26/h12-15,20-21,25-26,32,40H,4-11,16-19,22-24H2,1-3H3,(H,41,44). The predicted octanol–water partition coefficient (Wildman–Crippen LogP) is 6.45. The average Bonchev–Trinajstić information content (AvgIpc) is 3.78. The van der Waals surface area contributed by atoms with Crippen LogP contribution in [0.1, 0.15) is 118 Å². The molecule has 9 nitrogen and oxygen atoms in total. The number of amides is 2. The number of fused-ring (bicyclic) bond motifs is 7. The predicted molar refractivity (Wildman–Crippen MR) is 191 cm³/mol. The molecule has 5 aliphatic rings. The number of carbonyl (C=O) groups excluding carboxylic acids is 2. The summed E-state index contributed by atoms with van der Waals surface area (Å²) < 4.78 is 35.8. The maximum absolute atomic E-state index is 15.0. The molecule has 1 saturated heterocycles. The number of benzene rings is 2. The van der Waals surface area contributed by atoms with E-state index in [1.807, 2.05) is 18.2 Å². The lowest BCUT2D eigenvalue weighted by atomic mass is 9.79. The van der Waals surface area contributed by atoms with E-state index in [-0.39, 0.29) is 17.4 Å². The molecular formula is C39H50N4O5S. The van der Waals surface area contributed by atoms with E-state index < -0.39 is 26.6 Å². The van der Waals surface area contributed by atoms with Crippen LogP contribution >= 0.6 is 0 Å². The summed E-state index contributed by atoms with van der Waals surface area (Å²) in [7, 11) is -2.10. The van der Waals surface area contributed by atoms with E-state index in [9.17, 15) is 13.2 Å². The normalized spacial score (nSPS) is 25.0. The number of nitrogens with one attached hydrogen (secondary N) is 2. The van der Waals surface area contributed by atoms with E-state index in [2.05, 4.69) is 31.6 Å². The van der Waals surface area contributed by atoms with Gasteiger partial charge < -0.3 is 19.5 Å². The van der Waals surface area contributed by atoms with Gasteiger partial charge in [0, 0.05) is 59.7 Å². The molecule has 262 valence electrons. The number of methoxy groups -OCH3 is 1. The summed E-state index contributed by atoms with van der Waals surface area (Å²) in [5.74, 6) is 0.841. The largest absolute Gasteiger partial charge is 0.497 e. The molecule has 0 bridgehead atoms. The minimum Gasteiger partial charge on any atom is -0.497 e. The SMILES string of the molecule is COc1ccc2c(c1)C1CC1(C(=O)N1CCNC3(CCCCC3)C1)Cn1c-2c(C2CCCCC2)c2ccc(C(=O)NS(=O)(=O)C(C)C)cc21. The summed E-state index contributed by atoms with van der Waals surface area (Å²) in [6.45, 7) is 5.93. The highest BCUT2D eigenvalue weighted by molar-refractivity contribution is 7.90. The lowest BCUT2D eigenvalue weighted by Crippen LogP contribution is -2.63. The average molecular weight is 687 g/mol. The smallest absolute Gasteiger partial charge is 0.264 e. The van der Waals surface area contributed by atoms with Crippen LogP contribution in [-0.4, -0.2) is 67.2 Å². The number of sulfonamides is 1. The first-order valence-corrected chi connectivity index (χ1v) is 20.1. The van der Waals surface area contributed by atoms with Crippen LogP contribution in [0.15, 0.2) is 36.4 Å². The van der Waals surface area contributed by atoms with Crippen molar-refractivity contribution < 1.29 is 22.7 Å². The number of piperazine rings is 1. The Hall–Kier alpha value is -3.37. The van der Waals surface area contributed by atoms with Crippen molar-refractivity contribution in [3.05, 3.63) is 53.1 Å². The fraction of sp³-hybridized carbons (Fsp3) is 0.590. The van der Waals surface area contributed by atoms with Gasteiger partial charge >= 0.3 is 0 Å². The van der Waals surface area contributed by atoms with E-state index in [1.165, 1.54) is 49.7 Å². The minimum absolute atomic E-state index is 0.0110. The Morgan fingerprint density at radius 3 is 2.47 bits per heavy atom. The summed E-state index contributed by atoms with van der Waals surface area (Å²) in [6, 6.07) is 12.0. The topological polar surface area (TPSA) is 110 Å². The lowest BCUT2D eigenvalue weighted by Gasteiger charge is -2.47. The number of carbonyl (C=O) groups is 2. The van der Waals surface area contributed by atoms with Crippen LogP contribution in [0.5, 0.6) is 5.75 Å². The number of hydrogen-bond acceptors (Lipinski definition) is 6. The van der Waals surface area contributed by atoms with Crippen LogP contribution in [0.2, 0.25) is 0 Å². The molecule has 3 heterocycles. The summed E-state index contributed by atoms with van der Waals surface area (Å²) in [5.41, 5.74) is 5.38. The fourth-order valence-electron chi connectivity index (χ4n) is 9.74. The van der Waals surface area contributed by atoms with Gasteiger partial charge in [-0.2, -0.15) is 0 Å². The number of ether oxygens (including phenoxy) is 1. The van der Waals surface area contributed by atoms with Crippen molar-refractivity contribution in [2.45, 2.75) is 114 Å². The van der Waals surface area contributed by atoms with E-state index in [0.717, 1.165) is 73.1 Å². The highest BCUT2D eigenvalue weighted by Crippen LogP contribution is 2.66. The lowest BCUT2D eigenvalue weighted by molar-refractivity contribution is -0.140. The van der Waals surface area contributed by atoms with E-state index in [4.69, 9.17) is 4.74 Å². The third-order valence-electron chi connectivity index (χ3n) is 12.5. The second-order valence-corrected chi connectivity index (χ2v) is 18.0. The molecule has 3 aliphatic carbocycles. The van der Waals surface area contributed by atoms with Crippen LogP contribution in [-0.2, 0) is 21.4 Å². The molecule has 8 rings (SSSR count). The molecule has 3 saturated carbocycles. The minimum atomic E-state index is -3.80. The Morgan fingerprint density at radius 2 is 1.73 bits per heavy atom. The zero-order valence-corrected chi connectivity index (χ0v) is 30.0. The number of hydrogen-bond donors (Lipinski definition) is 2. The Kier molecular flexibility index (Phi) is 8.13. The third kappa shape index (κ3) is 5.48. The molecular weight excluding hydrogens is 637 g/mol. The van der Waals surface area contributed by atoms with Crippen molar-refractivity contribution in [1.29, 1.82) is 0 Å². The molecule has 1 aromatic heterocycles. The fourth-order valence-corrected chi connectivity index (χ4v) is 10.3. The van der Waals surface area contributed by atoms with Gasteiger partial charge in [-0.1, -0.05) is 44.6 Å². The first-order valence-electron chi connectivity index (χ1n) is 18.5. The van der Waals surface area contributed by atoms with Crippen molar-refractivity contribution in [2.75, 3.05) is 26.7 Å². The first kappa shape index (κ1) is 32.8. The molecule has 2 amide bonds. The first-order chi connectivity index (χ1) is 23.6. The van der Waals surface area contributed by atoms with Gasteiger partial charge in [0.25, 0.3) is 5.91 Å². The summed E-state index contributed by atoms with van der Waals surface area (Å²) >= 11 is 0. The maximum atomic E-state index is 15.0. The van der Waals surface area contributed by atoms with Crippen molar-refractivity contribution in [2.24, 2.45) is 5.41 Å². The highest BCUT2D eigenvalue weighted by Gasteiger charge is 2.64. The third-order valence-corrected chi connectivity index (χ3v) is 14.2. The molecule has 1 spiro atoms. The van der Waals surface area contributed by atoms with Crippen molar-refractivity contribution >= 4 is 32.7 Å². The molecule has 0 radical (unpaired) electrons. The van der Waals surface area contributed by atoms with Crippen LogP contribution in [0.3, 0.4) is 0 Å². The van der Waals surface area contributed by atoms with Crippen LogP contribution < -0.4 is 14.8 Å². The summed E-state index contributed by atoms with van der Waals surface area (Å²) in [5, 5.41) is 4.18. The number of aromatic nitrogens is 1. The van der Waals surface area contributed by atoms with Gasteiger partial charge in [0.2, 0.25) is 15.9 Å². The van der Waals surface area contributed by atoms with E-state index >= 15 is 4.79 Å². The molecule has 3 aromatic rings. The van der Waals surface area contributed by atoms with Crippen molar-refractivity contribution in [3.8, 4) is 17.0 Å². The molecule has 2 N–H and O–H groups in total. The zero-order valence-electron chi connectivity index (χ0n) is 29.1. The second-order valence-electron chi connectivity index (χ2n) is 15.8. The quantitative estimate of drug-likeness (QED) is 0.309. The molecule has 2 aliphatic heterocycles. The Bertz CT molecular complexity index is 1910. The van der Waals surface area contributed by atoms with Crippen LogP contribution in [0.4, 0.5) is 0 Å². The molecule has 4 fully saturated rings. The van der Waals surface area contributed by atoms with Gasteiger partial charge in [0.1, 0.15) is 5.75 Å². The van der Waals surface area contributed by atoms with Gasteiger partial charge in [0.05, 0.1) is 23.5 Å². The number of rotatable bonds is 6. The molecule has 10 heteroatoms. The maximum Gasteiger partial charge on any atom is 0.264 e. The highest BCUT2D eigenvalue weighted by atomic mass is 32.2. The van der Waals surface area contributed by atoms with Gasteiger partial charge in [-0.3, -0.25) is 9.59 Å². The van der Waals surface area contributed by atoms with Crippen LogP contribution in [0, 0.1) is 5.41 Å². The van der Waals surface area contributed by atoms with Gasteiger partial charge in [0.15, 0.2) is 0 Å². The molecule has 2 unspecified atom stereocenters. The molecule has 2 atom stereocenters. The van der Waals surface area contributed by atoms with E-state index in [1.54, 1.807) is 27.0 Å².